The summed E-state index contributed by atoms with van der Waals surface area (Å²) in [7, 11) is 0. The summed E-state index contributed by atoms with van der Waals surface area (Å²) in [4.78, 5) is 12.6. The van der Waals surface area contributed by atoms with Gasteiger partial charge in [0, 0.05) is 24.3 Å². The van der Waals surface area contributed by atoms with Crippen molar-refractivity contribution in [2.24, 2.45) is 5.10 Å². The van der Waals surface area contributed by atoms with E-state index in [4.69, 9.17) is 4.74 Å². The molecule has 0 spiro atoms. The molecular formula is C18H18F2N4O2S. The molecule has 1 amide bonds. The van der Waals surface area contributed by atoms with E-state index >= 15 is 0 Å². The highest BCUT2D eigenvalue weighted by atomic mass is 32.1. The number of ether oxygens (including phenoxy) is 1. The fourth-order valence-electron chi connectivity index (χ4n) is 2.70. The second-order valence-corrected chi connectivity index (χ2v) is 7.19. The first-order chi connectivity index (χ1) is 12.9. The largest absolute Gasteiger partial charge is 0.469 e. The van der Waals surface area contributed by atoms with Crippen LogP contribution in [-0.2, 0) is 4.79 Å². The molecule has 0 saturated carbocycles. The van der Waals surface area contributed by atoms with E-state index in [1.54, 1.807) is 6.21 Å². The Hall–Kier alpha value is -2.68. The van der Waals surface area contributed by atoms with Crippen LogP contribution >= 0.6 is 11.3 Å². The van der Waals surface area contributed by atoms with Crippen LogP contribution in [0.3, 0.4) is 0 Å². The second kappa shape index (κ2) is 8.34. The molecule has 1 aliphatic rings. The van der Waals surface area contributed by atoms with Gasteiger partial charge in [0.05, 0.1) is 12.6 Å². The van der Waals surface area contributed by atoms with Crippen LogP contribution in [0.25, 0.3) is 0 Å². The fourth-order valence-corrected chi connectivity index (χ4v) is 3.26. The van der Waals surface area contributed by atoms with Gasteiger partial charge in [0.15, 0.2) is 0 Å². The van der Waals surface area contributed by atoms with Gasteiger partial charge in [-0.25, -0.2) is 13.8 Å². The standard InChI is InChI=1S/C18H18F2N4O2S/c1-11(4-3-7-26-18-23-22-12(2)27-18)17(25)24-16(5-6-21-24)13-8-14(19)10-15(20)9-13/h6,8-10,16H,1,3-5,7H2,2H3. The molecule has 3 rings (SSSR count). The molecule has 0 N–H and O–H groups in total. The van der Waals surface area contributed by atoms with Crippen molar-refractivity contribution in [1.82, 2.24) is 15.2 Å². The van der Waals surface area contributed by atoms with E-state index in [1.165, 1.54) is 28.5 Å². The summed E-state index contributed by atoms with van der Waals surface area (Å²) < 4.78 is 32.4. The number of hydrazone groups is 1. The first kappa shape index (κ1) is 19.1. The predicted octanol–water partition coefficient (Wildman–Crippen LogP) is 3.80. The molecule has 0 aliphatic carbocycles. The molecule has 1 unspecified atom stereocenters. The van der Waals surface area contributed by atoms with Gasteiger partial charge < -0.3 is 4.74 Å². The normalized spacial score (nSPS) is 16.0. The highest BCUT2D eigenvalue weighted by Crippen LogP contribution is 2.30. The first-order valence-corrected chi connectivity index (χ1v) is 9.18. The minimum atomic E-state index is -0.688. The molecule has 27 heavy (non-hydrogen) atoms. The van der Waals surface area contributed by atoms with Gasteiger partial charge in [0.1, 0.15) is 16.6 Å². The molecule has 2 aromatic rings. The van der Waals surface area contributed by atoms with E-state index in [9.17, 15) is 13.6 Å². The van der Waals surface area contributed by atoms with Crippen molar-refractivity contribution in [3.05, 3.63) is 52.6 Å². The Morgan fingerprint density at radius 1 is 1.33 bits per heavy atom. The molecule has 1 aromatic carbocycles. The third-order valence-electron chi connectivity index (χ3n) is 3.97. The van der Waals surface area contributed by atoms with Crippen molar-refractivity contribution in [2.45, 2.75) is 32.2 Å². The number of carbonyl (C=O) groups excluding carboxylic acids is 1. The Morgan fingerprint density at radius 3 is 2.74 bits per heavy atom. The lowest BCUT2D eigenvalue weighted by molar-refractivity contribution is -0.129. The van der Waals surface area contributed by atoms with E-state index in [2.05, 4.69) is 21.9 Å². The van der Waals surface area contributed by atoms with Crippen LogP contribution in [0.5, 0.6) is 5.19 Å². The lowest BCUT2D eigenvalue weighted by atomic mass is 10.0. The quantitative estimate of drug-likeness (QED) is 0.531. The number of rotatable bonds is 7. The first-order valence-electron chi connectivity index (χ1n) is 8.36. The van der Waals surface area contributed by atoms with Crippen molar-refractivity contribution in [3.8, 4) is 5.19 Å². The van der Waals surface area contributed by atoms with Crippen molar-refractivity contribution in [1.29, 1.82) is 0 Å². The SMILES string of the molecule is C=C(CCCOc1nnc(C)s1)C(=O)N1N=CCC1c1cc(F)cc(F)c1. The van der Waals surface area contributed by atoms with Gasteiger partial charge in [0.2, 0.25) is 0 Å². The number of benzene rings is 1. The predicted molar refractivity (Wildman–Crippen MR) is 97.6 cm³/mol. The van der Waals surface area contributed by atoms with Gasteiger partial charge in [-0.05, 0) is 37.5 Å². The number of hydrogen-bond donors (Lipinski definition) is 0. The molecule has 1 atom stereocenters. The molecule has 6 nitrogen and oxygen atoms in total. The van der Waals surface area contributed by atoms with E-state index in [1.807, 2.05) is 6.92 Å². The molecular weight excluding hydrogens is 374 g/mol. The van der Waals surface area contributed by atoms with E-state index in [-0.39, 0.29) is 5.91 Å². The zero-order valence-electron chi connectivity index (χ0n) is 14.7. The maximum atomic E-state index is 13.5. The topological polar surface area (TPSA) is 67.7 Å². The number of carbonyl (C=O) groups is 1. The van der Waals surface area contributed by atoms with Gasteiger partial charge in [-0.1, -0.05) is 17.9 Å². The second-order valence-electron chi connectivity index (χ2n) is 6.04. The minimum absolute atomic E-state index is 0.355. The third kappa shape index (κ3) is 4.73. The average Bonchev–Trinajstić information content (AvgIpc) is 3.26. The minimum Gasteiger partial charge on any atom is -0.469 e. The van der Waals surface area contributed by atoms with E-state index in [0.717, 1.165) is 11.1 Å². The molecule has 0 fully saturated rings. The van der Waals surface area contributed by atoms with Gasteiger partial charge in [-0.15, -0.1) is 10.2 Å². The van der Waals surface area contributed by atoms with E-state index < -0.39 is 17.7 Å². The molecule has 0 bridgehead atoms. The van der Waals surface area contributed by atoms with Crippen LogP contribution in [0.4, 0.5) is 8.78 Å². The highest BCUT2D eigenvalue weighted by molar-refractivity contribution is 7.12. The summed E-state index contributed by atoms with van der Waals surface area (Å²) in [6, 6.07) is 2.68. The number of aromatic nitrogens is 2. The smallest absolute Gasteiger partial charge is 0.294 e. The van der Waals surface area contributed by atoms with Gasteiger partial charge in [-0.3, -0.25) is 4.79 Å². The summed E-state index contributed by atoms with van der Waals surface area (Å²) in [5, 5.41) is 14.3. The number of halogens is 2. The summed E-state index contributed by atoms with van der Waals surface area (Å²) in [6.45, 7) is 6.03. The molecule has 1 aromatic heterocycles. The zero-order chi connectivity index (χ0) is 19.4. The van der Waals surface area contributed by atoms with E-state index in [0.29, 0.717) is 42.2 Å². The summed E-state index contributed by atoms with van der Waals surface area (Å²) in [5.41, 5.74) is 0.717. The Balaban J connectivity index is 1.55. The number of amides is 1. The molecule has 0 saturated heterocycles. The monoisotopic (exact) mass is 392 g/mol. The van der Waals surface area contributed by atoms with Crippen LogP contribution in [0.15, 0.2) is 35.5 Å². The Kier molecular flexibility index (Phi) is 5.90. The van der Waals surface area contributed by atoms with Crippen molar-refractivity contribution in [2.75, 3.05) is 6.61 Å². The van der Waals surface area contributed by atoms with Crippen LogP contribution < -0.4 is 4.74 Å². The summed E-state index contributed by atoms with van der Waals surface area (Å²) >= 11 is 1.35. The van der Waals surface area contributed by atoms with Crippen LogP contribution in [0.1, 0.15) is 35.9 Å². The number of hydrogen-bond acceptors (Lipinski definition) is 6. The Morgan fingerprint density at radius 2 is 2.07 bits per heavy atom. The van der Waals surface area contributed by atoms with Crippen molar-refractivity contribution < 1.29 is 18.3 Å². The molecule has 0 radical (unpaired) electrons. The number of aryl methyl sites for hydroxylation is 1. The maximum absolute atomic E-state index is 13.5. The molecule has 142 valence electrons. The van der Waals surface area contributed by atoms with Crippen LogP contribution in [0, 0.1) is 18.6 Å². The summed E-state index contributed by atoms with van der Waals surface area (Å²) in [5.74, 6) is -1.75. The summed E-state index contributed by atoms with van der Waals surface area (Å²) in [6.07, 6.45) is 2.92. The molecule has 1 aliphatic heterocycles. The number of nitrogens with zero attached hydrogens (tertiary/aromatic N) is 4. The Labute approximate surface area is 159 Å². The fraction of sp³-hybridized carbons (Fsp3) is 0.333. The van der Waals surface area contributed by atoms with Crippen LogP contribution in [-0.4, -0.2) is 33.9 Å². The van der Waals surface area contributed by atoms with Gasteiger partial charge in [0.25, 0.3) is 11.1 Å². The van der Waals surface area contributed by atoms with Crippen molar-refractivity contribution >= 4 is 23.5 Å². The van der Waals surface area contributed by atoms with Crippen LogP contribution in [0.2, 0.25) is 0 Å². The molecule has 2 heterocycles. The lowest BCUT2D eigenvalue weighted by Crippen LogP contribution is -2.28. The lowest BCUT2D eigenvalue weighted by Gasteiger charge is -2.23. The highest BCUT2D eigenvalue weighted by Gasteiger charge is 2.30. The zero-order valence-corrected chi connectivity index (χ0v) is 15.5. The molecule has 9 heteroatoms. The van der Waals surface area contributed by atoms with Gasteiger partial charge in [-0.2, -0.15) is 5.10 Å². The Bertz CT molecular complexity index is 864. The average molecular weight is 392 g/mol. The van der Waals surface area contributed by atoms with Gasteiger partial charge >= 0.3 is 0 Å². The third-order valence-corrected chi connectivity index (χ3v) is 4.72. The van der Waals surface area contributed by atoms with Crippen molar-refractivity contribution in [3.63, 3.8) is 0 Å². The maximum Gasteiger partial charge on any atom is 0.294 e.